The molecule has 1 unspecified atom stereocenters. The Labute approximate surface area is 130 Å². The molecule has 0 amide bonds. The summed E-state index contributed by atoms with van der Waals surface area (Å²) in [7, 11) is -3.34. The lowest BCUT2D eigenvalue weighted by Gasteiger charge is -2.25. The highest BCUT2D eigenvalue weighted by Crippen LogP contribution is 2.28. The van der Waals surface area contributed by atoms with E-state index in [1.54, 1.807) is 10.4 Å². The van der Waals surface area contributed by atoms with E-state index in [4.69, 9.17) is 11.6 Å². The van der Waals surface area contributed by atoms with Gasteiger partial charge >= 0.3 is 0 Å². The standard InChI is InChI=1S/C13H21ClN2O2S2/c1-3-15(4-2)12-5-6-16(9-12)20(17,18)13-7-11(8-14)10-19-13/h7,10,12H,3-6,8-9H2,1-2H3. The second-order valence-corrected chi connectivity index (χ2v) is 8.28. The number of alkyl halides is 1. The minimum absolute atomic E-state index is 0.340. The average Bonchev–Trinajstić information content (AvgIpc) is 3.09. The van der Waals surface area contributed by atoms with Crippen LogP contribution in [-0.4, -0.2) is 49.8 Å². The van der Waals surface area contributed by atoms with Crippen LogP contribution < -0.4 is 0 Å². The molecule has 20 heavy (non-hydrogen) atoms. The van der Waals surface area contributed by atoms with Crippen molar-refractivity contribution < 1.29 is 8.42 Å². The van der Waals surface area contributed by atoms with Crippen LogP contribution in [0, 0.1) is 0 Å². The van der Waals surface area contributed by atoms with Crippen molar-refractivity contribution >= 4 is 33.0 Å². The number of hydrogen-bond acceptors (Lipinski definition) is 4. The molecule has 1 aliphatic rings. The highest BCUT2D eigenvalue weighted by Gasteiger charge is 2.35. The van der Waals surface area contributed by atoms with E-state index >= 15 is 0 Å². The summed E-state index contributed by atoms with van der Waals surface area (Å²) in [4.78, 5) is 2.33. The van der Waals surface area contributed by atoms with Gasteiger partial charge in [0.2, 0.25) is 0 Å². The lowest BCUT2D eigenvalue weighted by Crippen LogP contribution is -2.38. The third-order valence-corrected chi connectivity index (χ3v) is 7.47. The second-order valence-electron chi connectivity index (χ2n) is 4.93. The Morgan fingerprint density at radius 1 is 1.45 bits per heavy atom. The summed E-state index contributed by atoms with van der Waals surface area (Å²) in [6, 6.07) is 2.03. The molecule has 0 aliphatic carbocycles. The van der Waals surface area contributed by atoms with Crippen LogP contribution in [0.2, 0.25) is 0 Å². The van der Waals surface area contributed by atoms with Gasteiger partial charge in [-0.1, -0.05) is 13.8 Å². The van der Waals surface area contributed by atoms with Gasteiger partial charge in [0.05, 0.1) is 0 Å². The van der Waals surface area contributed by atoms with E-state index in [2.05, 4.69) is 18.7 Å². The van der Waals surface area contributed by atoms with Gasteiger partial charge in [-0.25, -0.2) is 8.42 Å². The van der Waals surface area contributed by atoms with Crippen LogP contribution in [-0.2, 0) is 15.9 Å². The van der Waals surface area contributed by atoms with Gasteiger partial charge in [-0.15, -0.1) is 22.9 Å². The number of halogens is 1. The van der Waals surface area contributed by atoms with Crippen molar-refractivity contribution in [3.63, 3.8) is 0 Å². The Bertz CT molecular complexity index is 540. The summed E-state index contributed by atoms with van der Waals surface area (Å²) in [5, 5.41) is 1.82. The number of hydrogen-bond donors (Lipinski definition) is 0. The number of sulfonamides is 1. The first kappa shape index (κ1) is 16.2. The average molecular weight is 337 g/mol. The first-order chi connectivity index (χ1) is 9.52. The summed E-state index contributed by atoms with van der Waals surface area (Å²) in [6.07, 6.45) is 0.911. The van der Waals surface area contributed by atoms with Crippen LogP contribution in [0.4, 0.5) is 0 Å². The first-order valence-electron chi connectivity index (χ1n) is 6.90. The SMILES string of the molecule is CCN(CC)C1CCN(S(=O)(=O)c2cc(CCl)cs2)C1. The van der Waals surface area contributed by atoms with Gasteiger partial charge in [0.1, 0.15) is 4.21 Å². The number of nitrogens with zero attached hydrogens (tertiary/aromatic N) is 2. The third kappa shape index (κ3) is 3.20. The summed E-state index contributed by atoms with van der Waals surface area (Å²) in [6.45, 7) is 7.37. The van der Waals surface area contributed by atoms with Crippen molar-refractivity contribution in [2.45, 2.75) is 36.4 Å². The normalized spacial score (nSPS) is 20.9. The molecule has 0 bridgehead atoms. The van der Waals surface area contributed by atoms with Crippen molar-refractivity contribution in [3.8, 4) is 0 Å². The zero-order valence-corrected chi connectivity index (χ0v) is 14.3. The monoisotopic (exact) mass is 336 g/mol. The smallest absolute Gasteiger partial charge is 0.252 e. The molecule has 1 aromatic rings. The lowest BCUT2D eigenvalue weighted by molar-refractivity contribution is 0.225. The third-order valence-electron chi connectivity index (χ3n) is 3.83. The molecule has 1 atom stereocenters. The molecule has 4 nitrogen and oxygen atoms in total. The van der Waals surface area contributed by atoms with Crippen LogP contribution in [0.5, 0.6) is 0 Å². The Balaban J connectivity index is 2.12. The molecular weight excluding hydrogens is 316 g/mol. The fraction of sp³-hybridized carbons (Fsp3) is 0.692. The van der Waals surface area contributed by atoms with Gasteiger partial charge in [-0.2, -0.15) is 4.31 Å². The molecule has 0 spiro atoms. The zero-order chi connectivity index (χ0) is 14.8. The Morgan fingerprint density at radius 2 is 2.15 bits per heavy atom. The predicted octanol–water partition coefficient (Wildman–Crippen LogP) is 2.59. The maximum absolute atomic E-state index is 12.6. The maximum atomic E-state index is 12.6. The van der Waals surface area contributed by atoms with Crippen LogP contribution in [0.25, 0.3) is 0 Å². The van der Waals surface area contributed by atoms with Gasteiger partial charge in [0.15, 0.2) is 0 Å². The van der Waals surface area contributed by atoms with Crippen molar-refractivity contribution in [2.24, 2.45) is 0 Å². The number of thiophene rings is 1. The molecule has 1 aromatic heterocycles. The van der Waals surface area contributed by atoms with E-state index in [9.17, 15) is 8.42 Å². The molecule has 2 rings (SSSR count). The molecule has 0 aromatic carbocycles. The Kier molecular flexibility index (Phi) is 5.48. The van der Waals surface area contributed by atoms with E-state index in [1.165, 1.54) is 11.3 Å². The minimum Gasteiger partial charge on any atom is -0.300 e. The summed E-state index contributed by atoms with van der Waals surface area (Å²) in [5.74, 6) is 0.355. The van der Waals surface area contributed by atoms with Crippen molar-refractivity contribution in [1.82, 2.24) is 9.21 Å². The van der Waals surface area contributed by atoms with E-state index in [-0.39, 0.29) is 0 Å². The van der Waals surface area contributed by atoms with Crippen molar-refractivity contribution in [2.75, 3.05) is 26.2 Å². The Morgan fingerprint density at radius 3 is 2.70 bits per heavy atom. The minimum atomic E-state index is -3.34. The topological polar surface area (TPSA) is 40.6 Å². The summed E-state index contributed by atoms with van der Waals surface area (Å²) >= 11 is 7.01. The van der Waals surface area contributed by atoms with Gasteiger partial charge in [-0.3, -0.25) is 4.90 Å². The number of rotatable bonds is 6. The van der Waals surface area contributed by atoms with Crippen LogP contribution in [0.1, 0.15) is 25.8 Å². The quantitative estimate of drug-likeness (QED) is 0.750. The fourth-order valence-corrected chi connectivity index (χ4v) is 5.75. The van der Waals surface area contributed by atoms with Crippen LogP contribution in [0.3, 0.4) is 0 Å². The van der Waals surface area contributed by atoms with Crippen LogP contribution >= 0.6 is 22.9 Å². The molecule has 1 fully saturated rings. The van der Waals surface area contributed by atoms with E-state index < -0.39 is 10.0 Å². The zero-order valence-electron chi connectivity index (χ0n) is 11.9. The van der Waals surface area contributed by atoms with E-state index in [1.807, 2.05) is 5.38 Å². The highest BCUT2D eigenvalue weighted by atomic mass is 35.5. The summed E-state index contributed by atoms with van der Waals surface area (Å²) in [5.41, 5.74) is 0.870. The molecule has 0 radical (unpaired) electrons. The van der Waals surface area contributed by atoms with Gasteiger partial charge in [-0.05, 0) is 36.5 Å². The molecule has 0 saturated carbocycles. The fourth-order valence-electron chi connectivity index (χ4n) is 2.65. The maximum Gasteiger partial charge on any atom is 0.252 e. The van der Waals surface area contributed by atoms with Gasteiger partial charge < -0.3 is 0 Å². The molecule has 0 N–H and O–H groups in total. The van der Waals surface area contributed by atoms with Crippen molar-refractivity contribution in [3.05, 3.63) is 17.0 Å². The first-order valence-corrected chi connectivity index (χ1v) is 9.75. The highest BCUT2D eigenvalue weighted by molar-refractivity contribution is 7.91. The van der Waals surface area contributed by atoms with E-state index in [0.717, 1.165) is 25.1 Å². The number of likely N-dealkylation sites (N-methyl/N-ethyl adjacent to an activating group) is 1. The molecule has 114 valence electrons. The van der Waals surface area contributed by atoms with Gasteiger partial charge in [0, 0.05) is 25.0 Å². The van der Waals surface area contributed by atoms with E-state index in [0.29, 0.717) is 29.2 Å². The molecule has 2 heterocycles. The molecule has 1 saturated heterocycles. The predicted molar refractivity (Wildman–Crippen MR) is 84.0 cm³/mol. The molecular formula is C13H21ClN2O2S2. The molecule has 7 heteroatoms. The summed E-state index contributed by atoms with van der Waals surface area (Å²) < 4.78 is 27.2. The second kappa shape index (κ2) is 6.75. The Hall–Kier alpha value is -0.140. The largest absolute Gasteiger partial charge is 0.300 e. The lowest BCUT2D eigenvalue weighted by atomic mass is 10.2. The molecule has 1 aliphatic heterocycles. The van der Waals surface area contributed by atoms with Gasteiger partial charge in [0.25, 0.3) is 10.0 Å². The van der Waals surface area contributed by atoms with Crippen molar-refractivity contribution in [1.29, 1.82) is 0 Å². The van der Waals surface area contributed by atoms with Crippen LogP contribution in [0.15, 0.2) is 15.7 Å².